The standard InChI is InChI=1S/C16H30N4O2/c1-3-17-16(18-7-4-12-22-13-15-5-6-15)20-10-8-19(9-11-20)14(2)21/h15H,3-13H2,1-2H3,(H,17,18). The summed E-state index contributed by atoms with van der Waals surface area (Å²) in [4.78, 5) is 20.2. The molecule has 1 aliphatic carbocycles. The number of aliphatic imine (C=N–C) groups is 1. The number of hydrogen-bond acceptors (Lipinski definition) is 3. The minimum Gasteiger partial charge on any atom is -0.381 e. The van der Waals surface area contributed by atoms with Crippen LogP contribution in [0.2, 0.25) is 0 Å². The van der Waals surface area contributed by atoms with Crippen molar-refractivity contribution in [2.24, 2.45) is 10.9 Å². The second kappa shape index (κ2) is 8.98. The van der Waals surface area contributed by atoms with E-state index in [2.05, 4.69) is 22.1 Å². The van der Waals surface area contributed by atoms with E-state index in [4.69, 9.17) is 4.74 Å². The van der Waals surface area contributed by atoms with Gasteiger partial charge < -0.3 is 19.9 Å². The molecule has 2 fully saturated rings. The summed E-state index contributed by atoms with van der Waals surface area (Å²) in [7, 11) is 0. The number of piperazine rings is 1. The Labute approximate surface area is 133 Å². The summed E-state index contributed by atoms with van der Waals surface area (Å²) in [6.07, 6.45) is 3.65. The van der Waals surface area contributed by atoms with Crippen molar-refractivity contribution in [1.29, 1.82) is 0 Å². The smallest absolute Gasteiger partial charge is 0.219 e. The SMILES string of the molecule is CCNC(=NCCCOCC1CC1)N1CCN(C(C)=O)CC1. The fourth-order valence-electron chi connectivity index (χ4n) is 2.55. The van der Waals surface area contributed by atoms with Crippen LogP contribution in [-0.4, -0.2) is 74.1 Å². The molecule has 22 heavy (non-hydrogen) atoms. The first kappa shape index (κ1) is 17.1. The number of carbonyl (C=O) groups excluding carboxylic acids is 1. The second-order valence-corrected chi connectivity index (χ2v) is 6.10. The van der Waals surface area contributed by atoms with E-state index in [1.807, 2.05) is 4.90 Å². The normalized spacial score (nSPS) is 19.5. The largest absolute Gasteiger partial charge is 0.381 e. The van der Waals surface area contributed by atoms with Gasteiger partial charge in [-0.1, -0.05) is 0 Å². The van der Waals surface area contributed by atoms with E-state index in [0.717, 1.165) is 70.8 Å². The van der Waals surface area contributed by atoms with Crippen LogP contribution in [0, 0.1) is 5.92 Å². The van der Waals surface area contributed by atoms with E-state index in [0.29, 0.717) is 0 Å². The minimum atomic E-state index is 0.161. The molecule has 1 heterocycles. The van der Waals surface area contributed by atoms with E-state index >= 15 is 0 Å². The number of carbonyl (C=O) groups is 1. The van der Waals surface area contributed by atoms with Crippen molar-refractivity contribution in [2.75, 3.05) is 52.5 Å². The predicted octanol–water partition coefficient (Wildman–Crippen LogP) is 0.933. The van der Waals surface area contributed by atoms with Crippen molar-refractivity contribution in [1.82, 2.24) is 15.1 Å². The Morgan fingerprint density at radius 3 is 2.50 bits per heavy atom. The summed E-state index contributed by atoms with van der Waals surface area (Å²) < 4.78 is 5.64. The first-order valence-electron chi connectivity index (χ1n) is 8.57. The summed E-state index contributed by atoms with van der Waals surface area (Å²) in [6.45, 7) is 10.4. The molecule has 0 aromatic rings. The third kappa shape index (κ3) is 5.83. The number of nitrogens with zero attached hydrogens (tertiary/aromatic N) is 3. The van der Waals surface area contributed by atoms with Crippen LogP contribution in [0.4, 0.5) is 0 Å². The van der Waals surface area contributed by atoms with Crippen LogP contribution in [0.1, 0.15) is 33.1 Å². The number of amides is 1. The molecular weight excluding hydrogens is 280 g/mol. The molecule has 1 amide bonds. The predicted molar refractivity (Wildman–Crippen MR) is 88.0 cm³/mol. The average molecular weight is 310 g/mol. The van der Waals surface area contributed by atoms with Crippen molar-refractivity contribution >= 4 is 11.9 Å². The highest BCUT2D eigenvalue weighted by Gasteiger charge is 2.21. The van der Waals surface area contributed by atoms with Gasteiger partial charge in [0.2, 0.25) is 5.91 Å². The van der Waals surface area contributed by atoms with Crippen molar-refractivity contribution in [3.8, 4) is 0 Å². The van der Waals surface area contributed by atoms with Crippen LogP contribution in [0.15, 0.2) is 4.99 Å². The van der Waals surface area contributed by atoms with Gasteiger partial charge in [0.05, 0.1) is 0 Å². The Hall–Kier alpha value is -1.30. The van der Waals surface area contributed by atoms with Gasteiger partial charge in [-0.15, -0.1) is 0 Å². The van der Waals surface area contributed by atoms with Gasteiger partial charge in [0, 0.05) is 59.4 Å². The van der Waals surface area contributed by atoms with Crippen molar-refractivity contribution in [2.45, 2.75) is 33.1 Å². The van der Waals surface area contributed by atoms with Crippen molar-refractivity contribution in [3.05, 3.63) is 0 Å². The number of guanidine groups is 1. The lowest BCUT2D eigenvalue weighted by Crippen LogP contribution is -2.53. The molecule has 6 heteroatoms. The highest BCUT2D eigenvalue weighted by Crippen LogP contribution is 2.28. The first-order valence-corrected chi connectivity index (χ1v) is 8.57. The fraction of sp³-hybridized carbons (Fsp3) is 0.875. The highest BCUT2D eigenvalue weighted by molar-refractivity contribution is 5.80. The zero-order valence-corrected chi connectivity index (χ0v) is 14.0. The van der Waals surface area contributed by atoms with Crippen molar-refractivity contribution < 1.29 is 9.53 Å². The van der Waals surface area contributed by atoms with Gasteiger partial charge in [-0.2, -0.15) is 0 Å². The molecule has 126 valence electrons. The van der Waals surface area contributed by atoms with Crippen molar-refractivity contribution in [3.63, 3.8) is 0 Å². The molecule has 0 spiro atoms. The molecule has 1 aliphatic heterocycles. The molecule has 2 rings (SSSR count). The second-order valence-electron chi connectivity index (χ2n) is 6.10. The number of ether oxygens (including phenoxy) is 1. The van der Waals surface area contributed by atoms with Gasteiger partial charge >= 0.3 is 0 Å². The Morgan fingerprint density at radius 1 is 1.23 bits per heavy atom. The summed E-state index contributed by atoms with van der Waals surface area (Å²) in [6, 6.07) is 0. The van der Waals surface area contributed by atoms with Crippen LogP contribution in [0.5, 0.6) is 0 Å². The lowest BCUT2D eigenvalue weighted by molar-refractivity contribution is -0.130. The molecule has 0 radical (unpaired) electrons. The van der Waals surface area contributed by atoms with Crippen LogP contribution < -0.4 is 5.32 Å². The Morgan fingerprint density at radius 2 is 1.91 bits per heavy atom. The molecule has 1 saturated carbocycles. The summed E-state index contributed by atoms with van der Waals surface area (Å²) in [5, 5.41) is 3.35. The maximum Gasteiger partial charge on any atom is 0.219 e. The van der Waals surface area contributed by atoms with E-state index in [1.165, 1.54) is 12.8 Å². The van der Waals surface area contributed by atoms with Gasteiger partial charge in [-0.25, -0.2) is 0 Å². The Kier molecular flexibility index (Phi) is 6.96. The van der Waals surface area contributed by atoms with E-state index in [9.17, 15) is 4.79 Å². The molecule has 0 aromatic carbocycles. The maximum atomic E-state index is 11.4. The maximum absolute atomic E-state index is 11.4. The minimum absolute atomic E-state index is 0.161. The first-order chi connectivity index (χ1) is 10.7. The molecule has 1 saturated heterocycles. The summed E-state index contributed by atoms with van der Waals surface area (Å²) in [5.74, 6) is 1.96. The van der Waals surface area contributed by atoms with Crippen LogP contribution in [0.3, 0.4) is 0 Å². The fourth-order valence-corrected chi connectivity index (χ4v) is 2.55. The molecule has 0 unspecified atom stereocenters. The van der Waals surface area contributed by atoms with Crippen LogP contribution in [-0.2, 0) is 9.53 Å². The number of rotatable bonds is 7. The number of nitrogens with one attached hydrogen (secondary N) is 1. The van der Waals surface area contributed by atoms with Crippen LogP contribution in [0.25, 0.3) is 0 Å². The molecule has 6 nitrogen and oxygen atoms in total. The molecule has 0 bridgehead atoms. The topological polar surface area (TPSA) is 57.2 Å². The molecule has 1 N–H and O–H groups in total. The lowest BCUT2D eigenvalue weighted by atomic mass is 10.3. The van der Waals surface area contributed by atoms with Gasteiger partial charge in [-0.3, -0.25) is 9.79 Å². The van der Waals surface area contributed by atoms with Gasteiger partial charge in [-0.05, 0) is 32.1 Å². The Balaban J connectivity index is 1.68. The third-order valence-electron chi connectivity index (χ3n) is 4.12. The zero-order chi connectivity index (χ0) is 15.8. The molecule has 0 aromatic heterocycles. The monoisotopic (exact) mass is 310 g/mol. The van der Waals surface area contributed by atoms with E-state index in [1.54, 1.807) is 6.92 Å². The molecule has 0 atom stereocenters. The van der Waals surface area contributed by atoms with E-state index < -0.39 is 0 Å². The quantitative estimate of drug-likeness (QED) is 0.432. The summed E-state index contributed by atoms with van der Waals surface area (Å²) in [5.41, 5.74) is 0. The highest BCUT2D eigenvalue weighted by atomic mass is 16.5. The Bertz CT molecular complexity index is 374. The van der Waals surface area contributed by atoms with Gasteiger partial charge in [0.15, 0.2) is 5.96 Å². The lowest BCUT2D eigenvalue weighted by Gasteiger charge is -2.36. The van der Waals surface area contributed by atoms with E-state index in [-0.39, 0.29) is 5.91 Å². The number of hydrogen-bond donors (Lipinski definition) is 1. The van der Waals surface area contributed by atoms with Gasteiger partial charge in [0.25, 0.3) is 0 Å². The average Bonchev–Trinajstić information content (AvgIpc) is 3.34. The zero-order valence-electron chi connectivity index (χ0n) is 14.0. The van der Waals surface area contributed by atoms with Gasteiger partial charge in [0.1, 0.15) is 0 Å². The molecular formula is C16H30N4O2. The van der Waals surface area contributed by atoms with Crippen LogP contribution >= 0.6 is 0 Å². The summed E-state index contributed by atoms with van der Waals surface area (Å²) >= 11 is 0. The third-order valence-corrected chi connectivity index (χ3v) is 4.12. The molecule has 2 aliphatic rings.